The molecule has 0 bridgehead atoms. The van der Waals surface area contributed by atoms with Gasteiger partial charge in [0.25, 0.3) is 5.91 Å². The minimum Gasteiger partial charge on any atom is -0.459 e. The van der Waals surface area contributed by atoms with Gasteiger partial charge < -0.3 is 19.2 Å². The second-order valence-corrected chi connectivity index (χ2v) is 6.66. The maximum Gasteiger partial charge on any atom is 0.508 e. The summed E-state index contributed by atoms with van der Waals surface area (Å²) in [6.07, 6.45) is -0.755. The number of carbonyl (C=O) groups is 2. The molecule has 0 aliphatic heterocycles. The van der Waals surface area contributed by atoms with Crippen molar-refractivity contribution in [3.8, 4) is 0 Å². The van der Waals surface area contributed by atoms with Gasteiger partial charge in [0.15, 0.2) is 5.58 Å². The van der Waals surface area contributed by atoms with Gasteiger partial charge in [0.1, 0.15) is 12.4 Å². The third-order valence-corrected chi connectivity index (χ3v) is 4.68. The number of halogens is 2. The number of anilines is 1. The van der Waals surface area contributed by atoms with Crippen molar-refractivity contribution in [1.29, 1.82) is 0 Å². The van der Waals surface area contributed by atoms with E-state index in [4.69, 9.17) is 37.1 Å². The fourth-order valence-corrected chi connectivity index (χ4v) is 3.33. The monoisotopic (exact) mass is 421 g/mol. The topological polar surface area (TPSA) is 77.8 Å². The van der Waals surface area contributed by atoms with Crippen LogP contribution >= 0.6 is 23.2 Å². The van der Waals surface area contributed by atoms with Crippen LogP contribution in [0.2, 0.25) is 10.0 Å². The summed E-state index contributed by atoms with van der Waals surface area (Å²) in [5, 5.41) is 3.98. The van der Waals surface area contributed by atoms with Gasteiger partial charge in [-0.15, -0.1) is 0 Å². The molecule has 1 N–H and O–H groups in total. The number of para-hydroxylation sites is 1. The van der Waals surface area contributed by atoms with Crippen LogP contribution in [-0.2, 0) is 16.1 Å². The summed E-state index contributed by atoms with van der Waals surface area (Å²) in [5.74, 6) is 0.109. The zero-order valence-corrected chi connectivity index (χ0v) is 16.7. The quantitative estimate of drug-likeness (QED) is 0.513. The van der Waals surface area contributed by atoms with Crippen LogP contribution in [0.3, 0.4) is 0 Å². The molecule has 0 aliphatic carbocycles. The largest absolute Gasteiger partial charge is 0.508 e. The highest BCUT2D eigenvalue weighted by atomic mass is 35.5. The standard InChI is InChI=1S/C20H17Cl2NO5/c1-3-26-20(25)27-10-13-11(2)28-18-12(13)6-4-9-16(18)23-19(24)17-14(21)7-5-8-15(17)22/h4-9H,3,10H2,1-2H3,(H,23,24). The van der Waals surface area contributed by atoms with Gasteiger partial charge in [-0.05, 0) is 32.0 Å². The molecule has 0 unspecified atom stereocenters. The van der Waals surface area contributed by atoms with Gasteiger partial charge in [-0.25, -0.2) is 4.79 Å². The molecule has 0 saturated heterocycles. The molecule has 0 saturated carbocycles. The number of carbonyl (C=O) groups excluding carboxylic acids is 2. The van der Waals surface area contributed by atoms with Gasteiger partial charge >= 0.3 is 6.16 Å². The molecule has 146 valence electrons. The Hall–Kier alpha value is -2.70. The van der Waals surface area contributed by atoms with E-state index in [1.165, 1.54) is 0 Å². The highest BCUT2D eigenvalue weighted by molar-refractivity contribution is 6.40. The Morgan fingerprint density at radius 1 is 1.07 bits per heavy atom. The van der Waals surface area contributed by atoms with Crippen molar-refractivity contribution in [2.24, 2.45) is 0 Å². The first-order valence-corrected chi connectivity index (χ1v) is 9.23. The Labute approximate surface area is 171 Å². The van der Waals surface area contributed by atoms with Crippen LogP contribution in [0, 0.1) is 6.92 Å². The number of hydrogen-bond donors (Lipinski definition) is 1. The lowest BCUT2D eigenvalue weighted by atomic mass is 10.1. The molecule has 1 amide bonds. The van der Waals surface area contributed by atoms with E-state index in [2.05, 4.69) is 5.32 Å². The third-order valence-electron chi connectivity index (χ3n) is 4.05. The van der Waals surface area contributed by atoms with Crippen LogP contribution in [0.1, 0.15) is 28.6 Å². The normalized spacial score (nSPS) is 10.7. The van der Waals surface area contributed by atoms with Gasteiger partial charge in [-0.2, -0.15) is 0 Å². The van der Waals surface area contributed by atoms with Crippen molar-refractivity contribution < 1.29 is 23.5 Å². The molecule has 0 radical (unpaired) electrons. The molecule has 0 atom stereocenters. The van der Waals surface area contributed by atoms with Crippen LogP contribution in [-0.4, -0.2) is 18.7 Å². The smallest absolute Gasteiger partial charge is 0.459 e. The Bertz CT molecular complexity index is 1020. The minimum absolute atomic E-state index is 0.00852. The van der Waals surface area contributed by atoms with Crippen LogP contribution in [0.5, 0.6) is 0 Å². The minimum atomic E-state index is -0.755. The van der Waals surface area contributed by atoms with Crippen molar-refractivity contribution in [2.45, 2.75) is 20.5 Å². The molecule has 1 heterocycles. The number of amides is 1. The molecule has 0 aliphatic rings. The summed E-state index contributed by atoms with van der Waals surface area (Å²) in [4.78, 5) is 24.1. The molecule has 2 aromatic carbocycles. The lowest BCUT2D eigenvalue weighted by molar-refractivity contribution is 0.0536. The van der Waals surface area contributed by atoms with Crippen molar-refractivity contribution in [3.05, 3.63) is 63.3 Å². The summed E-state index contributed by atoms with van der Waals surface area (Å²) >= 11 is 12.2. The molecular formula is C20H17Cl2NO5. The average molecular weight is 422 g/mol. The molecule has 0 spiro atoms. The van der Waals surface area contributed by atoms with Gasteiger partial charge in [-0.3, -0.25) is 4.79 Å². The van der Waals surface area contributed by atoms with Gasteiger partial charge in [0, 0.05) is 10.9 Å². The number of hydrogen-bond acceptors (Lipinski definition) is 5. The molecule has 3 rings (SSSR count). The molecule has 6 nitrogen and oxygen atoms in total. The van der Waals surface area contributed by atoms with E-state index in [0.29, 0.717) is 28.0 Å². The Morgan fingerprint density at radius 3 is 2.43 bits per heavy atom. The fourth-order valence-electron chi connectivity index (χ4n) is 2.76. The highest BCUT2D eigenvalue weighted by Crippen LogP contribution is 2.33. The van der Waals surface area contributed by atoms with E-state index in [-0.39, 0.29) is 28.8 Å². The summed E-state index contributed by atoms with van der Waals surface area (Å²) in [6, 6.07) is 10.1. The number of aryl methyl sites for hydroxylation is 1. The number of ether oxygens (including phenoxy) is 2. The lowest BCUT2D eigenvalue weighted by Crippen LogP contribution is -2.13. The molecule has 3 aromatic rings. The average Bonchev–Trinajstić information content (AvgIpc) is 2.96. The molecule has 1 aromatic heterocycles. The second-order valence-electron chi connectivity index (χ2n) is 5.84. The van der Waals surface area contributed by atoms with Crippen molar-refractivity contribution >= 4 is 51.9 Å². The lowest BCUT2D eigenvalue weighted by Gasteiger charge is -2.09. The summed E-state index contributed by atoms with van der Waals surface area (Å²) in [7, 11) is 0. The number of rotatable bonds is 5. The predicted octanol–water partition coefficient (Wildman–Crippen LogP) is 5.97. The summed E-state index contributed by atoms with van der Waals surface area (Å²) in [5.41, 5.74) is 1.77. The number of fused-ring (bicyclic) bond motifs is 1. The van der Waals surface area contributed by atoms with Crippen LogP contribution in [0.25, 0.3) is 11.0 Å². The van der Waals surface area contributed by atoms with E-state index in [9.17, 15) is 9.59 Å². The first kappa shape index (κ1) is 20.0. The Balaban J connectivity index is 1.90. The fraction of sp³-hybridized carbons (Fsp3) is 0.200. The van der Waals surface area contributed by atoms with E-state index in [1.807, 2.05) is 6.07 Å². The Kier molecular flexibility index (Phi) is 6.11. The predicted molar refractivity (Wildman–Crippen MR) is 107 cm³/mol. The zero-order valence-electron chi connectivity index (χ0n) is 15.2. The van der Waals surface area contributed by atoms with E-state index >= 15 is 0 Å². The highest BCUT2D eigenvalue weighted by Gasteiger charge is 2.19. The number of furan rings is 1. The third kappa shape index (κ3) is 4.08. The van der Waals surface area contributed by atoms with Crippen LogP contribution in [0.15, 0.2) is 40.8 Å². The maximum atomic E-state index is 12.7. The molecule has 0 fully saturated rings. The first-order valence-electron chi connectivity index (χ1n) is 8.48. The van der Waals surface area contributed by atoms with Crippen molar-refractivity contribution in [1.82, 2.24) is 0 Å². The van der Waals surface area contributed by atoms with E-state index < -0.39 is 12.1 Å². The molecule has 28 heavy (non-hydrogen) atoms. The zero-order chi connectivity index (χ0) is 20.3. The van der Waals surface area contributed by atoms with Gasteiger partial charge in [-0.1, -0.05) is 41.4 Å². The molecule has 8 heteroatoms. The van der Waals surface area contributed by atoms with Crippen molar-refractivity contribution in [3.63, 3.8) is 0 Å². The molecular weight excluding hydrogens is 405 g/mol. The second kappa shape index (κ2) is 8.54. The number of benzene rings is 2. The maximum absolute atomic E-state index is 12.7. The van der Waals surface area contributed by atoms with E-state index in [0.717, 1.165) is 0 Å². The first-order chi connectivity index (χ1) is 13.4. The SMILES string of the molecule is CCOC(=O)OCc1c(C)oc2c(NC(=O)c3c(Cl)cccc3Cl)cccc12. The Morgan fingerprint density at radius 2 is 1.75 bits per heavy atom. The summed E-state index contributed by atoms with van der Waals surface area (Å²) < 4.78 is 15.7. The van der Waals surface area contributed by atoms with E-state index in [1.54, 1.807) is 44.2 Å². The summed E-state index contributed by atoms with van der Waals surface area (Å²) in [6.45, 7) is 3.66. The van der Waals surface area contributed by atoms with Gasteiger partial charge in [0.05, 0.1) is 27.9 Å². The van der Waals surface area contributed by atoms with Gasteiger partial charge in [0.2, 0.25) is 0 Å². The van der Waals surface area contributed by atoms with Crippen LogP contribution in [0.4, 0.5) is 10.5 Å². The van der Waals surface area contributed by atoms with Crippen LogP contribution < -0.4 is 5.32 Å². The number of nitrogens with one attached hydrogen (secondary N) is 1. The van der Waals surface area contributed by atoms with Crippen molar-refractivity contribution in [2.75, 3.05) is 11.9 Å².